The molecule has 0 radical (unpaired) electrons. The van der Waals surface area contributed by atoms with Crippen molar-refractivity contribution >= 4 is 41.5 Å². The number of ether oxygens (including phenoxy) is 1. The minimum atomic E-state index is -0.448. The lowest BCUT2D eigenvalue weighted by molar-refractivity contribution is -0.146. The predicted octanol–water partition coefficient (Wildman–Crippen LogP) is 3.92. The quantitative estimate of drug-likeness (QED) is 0.472. The molecule has 1 saturated heterocycles. The minimum Gasteiger partial charge on any atom is -0.370 e. The summed E-state index contributed by atoms with van der Waals surface area (Å²) >= 11 is 5.77. The van der Waals surface area contributed by atoms with Gasteiger partial charge in [0.15, 0.2) is 0 Å². The molecule has 2 fully saturated rings. The van der Waals surface area contributed by atoms with Crippen LogP contribution >= 0.6 is 11.6 Å². The number of nitrogens with zero attached hydrogens (tertiary/aromatic N) is 4. The van der Waals surface area contributed by atoms with Crippen LogP contribution < -0.4 is 10.6 Å². The van der Waals surface area contributed by atoms with Gasteiger partial charge in [-0.3, -0.25) is 14.4 Å². The van der Waals surface area contributed by atoms with Gasteiger partial charge in [-0.15, -0.1) is 0 Å². The second kappa shape index (κ2) is 13.0. The Kier molecular flexibility index (Phi) is 9.23. The molecule has 2 aliphatic rings. The third-order valence-corrected chi connectivity index (χ3v) is 6.44. The van der Waals surface area contributed by atoms with Crippen molar-refractivity contribution in [1.29, 1.82) is 0 Å². The Hall–Kier alpha value is -3.76. The summed E-state index contributed by atoms with van der Waals surface area (Å²) in [5, 5.41) is 9.79. The second-order valence-corrected chi connectivity index (χ2v) is 9.10. The van der Waals surface area contributed by atoms with E-state index < -0.39 is 5.91 Å². The minimum absolute atomic E-state index is 0.193. The van der Waals surface area contributed by atoms with Gasteiger partial charge in [-0.1, -0.05) is 49.1 Å². The smallest absolute Gasteiger partial charge is 0.262 e. The van der Waals surface area contributed by atoms with Crippen LogP contribution in [0.4, 0.5) is 11.6 Å². The first kappa shape index (κ1) is 26.3. The van der Waals surface area contributed by atoms with Crippen LogP contribution in [0, 0.1) is 0 Å². The van der Waals surface area contributed by atoms with Gasteiger partial charge in [0.05, 0.1) is 23.5 Å². The fourth-order valence-corrected chi connectivity index (χ4v) is 4.53. The molecule has 10 nitrogen and oxygen atoms in total. The highest BCUT2D eigenvalue weighted by molar-refractivity contribution is 6.30. The van der Waals surface area contributed by atoms with Gasteiger partial charge < -0.3 is 20.3 Å². The number of carbonyl (C=O) groups excluding carboxylic acids is 3. The summed E-state index contributed by atoms with van der Waals surface area (Å²) in [4.78, 5) is 40.9. The Morgan fingerprint density at radius 2 is 1.86 bits per heavy atom. The molecule has 0 bridgehead atoms. The van der Waals surface area contributed by atoms with E-state index in [0.717, 1.165) is 13.2 Å². The number of amides is 3. The Balaban J connectivity index is 0.000000207. The highest BCUT2D eigenvalue weighted by Gasteiger charge is 2.27. The molecule has 194 valence electrons. The number of pyridine rings is 1. The van der Waals surface area contributed by atoms with Gasteiger partial charge in [0, 0.05) is 18.8 Å². The molecular weight excluding hydrogens is 496 g/mol. The van der Waals surface area contributed by atoms with E-state index in [1.54, 1.807) is 12.1 Å². The number of rotatable bonds is 6. The number of para-hydroxylation sites is 1. The Morgan fingerprint density at radius 1 is 1.08 bits per heavy atom. The molecule has 5 rings (SSSR count). The molecule has 0 unspecified atom stereocenters. The molecule has 2 N–H and O–H groups in total. The summed E-state index contributed by atoms with van der Waals surface area (Å²) in [6.07, 6.45) is 9.62. The lowest BCUT2D eigenvalue weighted by atomic mass is 9.94. The fraction of sp³-hybridized carbons (Fsp3) is 0.346. The van der Waals surface area contributed by atoms with E-state index in [-0.39, 0.29) is 17.3 Å². The molecule has 2 aromatic heterocycles. The van der Waals surface area contributed by atoms with Crippen LogP contribution in [0.2, 0.25) is 5.02 Å². The van der Waals surface area contributed by atoms with E-state index in [2.05, 4.69) is 20.7 Å². The second-order valence-electron chi connectivity index (χ2n) is 8.66. The molecule has 3 aromatic rings. The Labute approximate surface area is 220 Å². The lowest BCUT2D eigenvalue weighted by Crippen LogP contribution is -2.48. The van der Waals surface area contributed by atoms with Crippen LogP contribution in [-0.2, 0) is 14.3 Å². The first-order chi connectivity index (χ1) is 18.1. The van der Waals surface area contributed by atoms with Crippen molar-refractivity contribution in [3.05, 3.63) is 65.4 Å². The van der Waals surface area contributed by atoms with Gasteiger partial charge in [-0.2, -0.15) is 5.10 Å². The number of halogens is 1. The summed E-state index contributed by atoms with van der Waals surface area (Å²) in [5.74, 6) is 0.353. The molecule has 37 heavy (non-hydrogen) atoms. The number of aromatic nitrogens is 3. The van der Waals surface area contributed by atoms with E-state index in [9.17, 15) is 14.4 Å². The zero-order valence-corrected chi connectivity index (χ0v) is 21.1. The third-order valence-electron chi connectivity index (χ3n) is 6.22. The van der Waals surface area contributed by atoms with Crippen molar-refractivity contribution in [3.8, 4) is 5.69 Å². The predicted molar refractivity (Wildman–Crippen MR) is 140 cm³/mol. The maximum absolute atomic E-state index is 12.4. The van der Waals surface area contributed by atoms with Crippen LogP contribution in [0.5, 0.6) is 0 Å². The number of anilines is 2. The Morgan fingerprint density at radius 3 is 2.54 bits per heavy atom. The maximum Gasteiger partial charge on any atom is 0.262 e. The van der Waals surface area contributed by atoms with E-state index >= 15 is 0 Å². The van der Waals surface area contributed by atoms with Crippen molar-refractivity contribution in [3.63, 3.8) is 0 Å². The summed E-state index contributed by atoms with van der Waals surface area (Å²) < 4.78 is 6.58. The van der Waals surface area contributed by atoms with Gasteiger partial charge in [0.25, 0.3) is 5.91 Å². The van der Waals surface area contributed by atoms with E-state index in [0.29, 0.717) is 35.6 Å². The molecule has 0 atom stereocenters. The standard InChI is InChI=1S/C16H12ClN5O2.C10H17NO2/c17-11-6-7-14(18-8-11)21-16(24)13-9-20-22(15(13)19-10-23)12-4-2-1-3-5-12;12-10-8-13-7-6-11(10)9-4-2-1-3-5-9/h1-10H,(H,19,23)(H,18,21,24);9H,1-8H2. The zero-order valence-electron chi connectivity index (χ0n) is 20.3. The Bertz CT molecular complexity index is 1200. The summed E-state index contributed by atoms with van der Waals surface area (Å²) in [7, 11) is 0. The fourth-order valence-electron chi connectivity index (χ4n) is 4.42. The molecule has 11 heteroatoms. The molecule has 1 aliphatic carbocycles. The van der Waals surface area contributed by atoms with E-state index in [1.807, 2.05) is 35.2 Å². The van der Waals surface area contributed by atoms with Crippen molar-refractivity contribution in [2.24, 2.45) is 0 Å². The van der Waals surface area contributed by atoms with Gasteiger partial charge >= 0.3 is 0 Å². The maximum atomic E-state index is 12.4. The highest BCUT2D eigenvalue weighted by Crippen LogP contribution is 2.24. The van der Waals surface area contributed by atoms with Crippen LogP contribution in [-0.4, -0.2) is 63.7 Å². The van der Waals surface area contributed by atoms with E-state index in [1.165, 1.54) is 49.2 Å². The largest absolute Gasteiger partial charge is 0.370 e. The van der Waals surface area contributed by atoms with Crippen molar-refractivity contribution in [2.45, 2.75) is 38.1 Å². The first-order valence-electron chi connectivity index (χ1n) is 12.2. The number of benzene rings is 1. The monoisotopic (exact) mass is 524 g/mol. The molecular formula is C26H29ClN6O4. The lowest BCUT2D eigenvalue weighted by Gasteiger charge is -2.36. The summed E-state index contributed by atoms with van der Waals surface area (Å²) in [6, 6.07) is 12.9. The number of nitrogens with one attached hydrogen (secondary N) is 2. The molecule has 1 aliphatic heterocycles. The first-order valence-corrected chi connectivity index (χ1v) is 12.6. The summed E-state index contributed by atoms with van der Waals surface area (Å²) in [6.45, 7) is 1.84. The third kappa shape index (κ3) is 6.93. The average Bonchev–Trinajstić information content (AvgIpc) is 3.36. The van der Waals surface area contributed by atoms with Crippen LogP contribution in [0.1, 0.15) is 42.5 Å². The van der Waals surface area contributed by atoms with Gasteiger partial charge in [0.2, 0.25) is 12.3 Å². The van der Waals surface area contributed by atoms with Gasteiger partial charge in [-0.25, -0.2) is 9.67 Å². The highest BCUT2D eigenvalue weighted by atomic mass is 35.5. The van der Waals surface area contributed by atoms with Crippen LogP contribution in [0.3, 0.4) is 0 Å². The zero-order chi connectivity index (χ0) is 26.0. The number of hydrogen-bond acceptors (Lipinski definition) is 6. The normalized spacial score (nSPS) is 15.9. The average molecular weight is 525 g/mol. The topological polar surface area (TPSA) is 118 Å². The van der Waals surface area contributed by atoms with Crippen molar-refractivity contribution < 1.29 is 19.1 Å². The molecule has 1 aromatic carbocycles. The SMILES string of the molecule is O=C1COCCN1C1CCCCC1.O=CNc1c(C(=O)Nc2ccc(Cl)cn2)cnn1-c1ccccc1. The summed E-state index contributed by atoms with van der Waals surface area (Å²) in [5.41, 5.74) is 0.924. The van der Waals surface area contributed by atoms with Crippen molar-refractivity contribution in [2.75, 3.05) is 30.4 Å². The van der Waals surface area contributed by atoms with Crippen molar-refractivity contribution in [1.82, 2.24) is 19.7 Å². The van der Waals surface area contributed by atoms with E-state index in [4.69, 9.17) is 16.3 Å². The molecule has 0 spiro atoms. The number of carbonyl (C=O) groups is 3. The molecule has 3 heterocycles. The van der Waals surface area contributed by atoms with Crippen LogP contribution in [0.15, 0.2) is 54.9 Å². The number of morpholine rings is 1. The number of hydrogen-bond donors (Lipinski definition) is 2. The van der Waals surface area contributed by atoms with Gasteiger partial charge in [0.1, 0.15) is 23.8 Å². The van der Waals surface area contributed by atoms with Crippen LogP contribution in [0.25, 0.3) is 5.69 Å². The molecule has 3 amide bonds. The van der Waals surface area contributed by atoms with Gasteiger partial charge in [-0.05, 0) is 37.1 Å². The molecule has 1 saturated carbocycles.